The average Bonchev–Trinajstić information content (AvgIpc) is 2.62. The summed E-state index contributed by atoms with van der Waals surface area (Å²) in [4.78, 5) is 12.2. The summed E-state index contributed by atoms with van der Waals surface area (Å²) in [6, 6.07) is 17.3. The number of nitrogens with zero attached hydrogens (tertiary/aromatic N) is 2. The number of methoxy groups -OCH3 is 1. The zero-order valence-corrected chi connectivity index (χ0v) is 12.8. The Morgan fingerprint density at radius 3 is 2.57 bits per heavy atom. The van der Waals surface area contributed by atoms with Crippen LogP contribution < -0.4 is 10.2 Å². The number of rotatable bonds is 4. The second-order valence-electron chi connectivity index (χ2n) is 5.29. The van der Waals surface area contributed by atoms with Gasteiger partial charge in [0.25, 0.3) is 0 Å². The summed E-state index contributed by atoms with van der Waals surface area (Å²) in [5.41, 5.74) is 2.00. The number of ether oxygens (including phenoxy) is 1. The van der Waals surface area contributed by atoms with Crippen molar-refractivity contribution in [3.05, 3.63) is 76.1 Å². The van der Waals surface area contributed by atoms with E-state index in [9.17, 15) is 4.79 Å². The van der Waals surface area contributed by atoms with E-state index in [0.717, 1.165) is 17.7 Å². The van der Waals surface area contributed by atoms with Crippen molar-refractivity contribution in [2.45, 2.75) is 13.0 Å². The third kappa shape index (κ3) is 2.95. The number of benzene rings is 2. The Hall–Kier alpha value is -3.06. The largest absolute Gasteiger partial charge is 0.497 e. The van der Waals surface area contributed by atoms with Crippen LogP contribution >= 0.6 is 0 Å². The molecule has 0 atom stereocenters. The molecule has 0 saturated heterocycles. The van der Waals surface area contributed by atoms with E-state index >= 15 is 0 Å². The molecule has 3 aromatic rings. The van der Waals surface area contributed by atoms with Gasteiger partial charge in [0, 0.05) is 18.1 Å². The molecule has 1 heterocycles. The standard InChI is InChI=1S/C19H16N2O2/c1-23-16-8-6-14(7-9-16)10-11-21-13-15(12-20)19(22)17-4-2-3-5-18(17)21/h2-9,13H,10-11H2,1H3. The van der Waals surface area contributed by atoms with E-state index < -0.39 is 0 Å². The summed E-state index contributed by atoms with van der Waals surface area (Å²) in [6.45, 7) is 0.696. The molecule has 23 heavy (non-hydrogen) atoms. The molecular weight excluding hydrogens is 288 g/mol. The summed E-state index contributed by atoms with van der Waals surface area (Å²) < 4.78 is 7.13. The Labute approximate surface area is 134 Å². The predicted octanol–water partition coefficient (Wildman–Crippen LogP) is 3.12. The highest BCUT2D eigenvalue weighted by Crippen LogP contribution is 2.15. The molecule has 0 N–H and O–H groups in total. The molecule has 0 fully saturated rings. The third-order valence-corrected chi connectivity index (χ3v) is 3.91. The van der Waals surface area contributed by atoms with Crippen LogP contribution in [0.2, 0.25) is 0 Å². The van der Waals surface area contributed by atoms with Crippen LogP contribution in [0.1, 0.15) is 11.1 Å². The first-order valence-electron chi connectivity index (χ1n) is 7.38. The van der Waals surface area contributed by atoms with E-state index in [-0.39, 0.29) is 11.0 Å². The summed E-state index contributed by atoms with van der Waals surface area (Å²) in [5.74, 6) is 0.828. The Morgan fingerprint density at radius 1 is 1.13 bits per heavy atom. The van der Waals surface area contributed by atoms with Crippen molar-refractivity contribution in [2.24, 2.45) is 0 Å². The van der Waals surface area contributed by atoms with Crippen molar-refractivity contribution in [3.63, 3.8) is 0 Å². The third-order valence-electron chi connectivity index (χ3n) is 3.91. The normalized spacial score (nSPS) is 10.4. The number of aryl methyl sites for hydroxylation is 2. The van der Waals surface area contributed by atoms with Crippen LogP contribution in [0, 0.1) is 11.3 Å². The van der Waals surface area contributed by atoms with Gasteiger partial charge in [0.05, 0.1) is 12.6 Å². The second kappa shape index (κ2) is 6.37. The van der Waals surface area contributed by atoms with Gasteiger partial charge in [-0.1, -0.05) is 24.3 Å². The van der Waals surface area contributed by atoms with Crippen molar-refractivity contribution < 1.29 is 4.74 Å². The molecule has 0 bridgehead atoms. The molecule has 0 saturated carbocycles. The Kier molecular flexibility index (Phi) is 4.11. The number of para-hydroxylation sites is 1. The van der Waals surface area contributed by atoms with Crippen LogP contribution in [0.25, 0.3) is 10.9 Å². The van der Waals surface area contributed by atoms with Crippen LogP contribution in [-0.4, -0.2) is 11.7 Å². The maximum Gasteiger partial charge on any atom is 0.207 e. The van der Waals surface area contributed by atoms with Gasteiger partial charge in [0.15, 0.2) is 0 Å². The van der Waals surface area contributed by atoms with Crippen LogP contribution in [-0.2, 0) is 13.0 Å². The summed E-state index contributed by atoms with van der Waals surface area (Å²) in [5, 5.41) is 9.75. The number of aromatic nitrogens is 1. The highest BCUT2D eigenvalue weighted by molar-refractivity contribution is 5.80. The quantitative estimate of drug-likeness (QED) is 0.744. The molecule has 0 radical (unpaired) electrons. The van der Waals surface area contributed by atoms with Gasteiger partial charge in [-0.2, -0.15) is 5.26 Å². The van der Waals surface area contributed by atoms with Crippen molar-refractivity contribution in [2.75, 3.05) is 7.11 Å². The lowest BCUT2D eigenvalue weighted by Crippen LogP contribution is -2.13. The number of pyridine rings is 1. The molecule has 4 heteroatoms. The molecule has 0 unspecified atom stereocenters. The number of fused-ring (bicyclic) bond motifs is 1. The van der Waals surface area contributed by atoms with E-state index in [1.165, 1.54) is 5.56 Å². The molecule has 2 aromatic carbocycles. The minimum absolute atomic E-state index is 0.179. The van der Waals surface area contributed by atoms with Crippen molar-refractivity contribution >= 4 is 10.9 Å². The lowest BCUT2D eigenvalue weighted by Gasteiger charge is -2.12. The molecule has 1 aromatic heterocycles. The molecule has 0 amide bonds. The minimum Gasteiger partial charge on any atom is -0.497 e. The minimum atomic E-state index is -0.205. The molecule has 0 aliphatic rings. The molecule has 0 spiro atoms. The number of nitriles is 1. The van der Waals surface area contributed by atoms with Crippen LogP contribution in [0.5, 0.6) is 5.75 Å². The average molecular weight is 304 g/mol. The first-order chi connectivity index (χ1) is 11.2. The summed E-state index contributed by atoms with van der Waals surface area (Å²) in [7, 11) is 1.64. The van der Waals surface area contributed by atoms with Gasteiger partial charge in [-0.15, -0.1) is 0 Å². The van der Waals surface area contributed by atoms with Crippen molar-refractivity contribution in [3.8, 4) is 11.8 Å². The van der Waals surface area contributed by atoms with E-state index in [0.29, 0.717) is 11.9 Å². The zero-order chi connectivity index (χ0) is 16.2. The van der Waals surface area contributed by atoms with Gasteiger partial charge in [0.1, 0.15) is 17.4 Å². The zero-order valence-electron chi connectivity index (χ0n) is 12.8. The highest BCUT2D eigenvalue weighted by atomic mass is 16.5. The lowest BCUT2D eigenvalue weighted by molar-refractivity contribution is 0.414. The van der Waals surface area contributed by atoms with Crippen LogP contribution in [0.3, 0.4) is 0 Å². The van der Waals surface area contributed by atoms with Gasteiger partial charge >= 0.3 is 0 Å². The predicted molar refractivity (Wildman–Crippen MR) is 89.6 cm³/mol. The van der Waals surface area contributed by atoms with E-state index in [2.05, 4.69) is 0 Å². The molecule has 4 nitrogen and oxygen atoms in total. The van der Waals surface area contributed by atoms with E-state index in [4.69, 9.17) is 10.00 Å². The topological polar surface area (TPSA) is 55.0 Å². The fraction of sp³-hybridized carbons (Fsp3) is 0.158. The fourth-order valence-corrected chi connectivity index (χ4v) is 2.65. The molecular formula is C19H16N2O2. The number of hydrogen-bond acceptors (Lipinski definition) is 3. The Bertz CT molecular complexity index is 934. The van der Waals surface area contributed by atoms with E-state index in [1.807, 2.05) is 53.1 Å². The molecule has 0 aliphatic heterocycles. The van der Waals surface area contributed by atoms with Gasteiger partial charge in [-0.05, 0) is 36.2 Å². The second-order valence-corrected chi connectivity index (χ2v) is 5.29. The maximum absolute atomic E-state index is 12.2. The van der Waals surface area contributed by atoms with Crippen LogP contribution in [0.15, 0.2) is 59.5 Å². The molecule has 114 valence electrons. The van der Waals surface area contributed by atoms with Crippen LogP contribution in [0.4, 0.5) is 0 Å². The Morgan fingerprint density at radius 2 is 1.87 bits per heavy atom. The first-order valence-corrected chi connectivity index (χ1v) is 7.38. The van der Waals surface area contributed by atoms with Gasteiger partial charge < -0.3 is 9.30 Å². The maximum atomic E-state index is 12.2. The van der Waals surface area contributed by atoms with Gasteiger partial charge in [-0.3, -0.25) is 4.79 Å². The Balaban J connectivity index is 1.94. The monoisotopic (exact) mass is 304 g/mol. The molecule has 3 rings (SSSR count). The SMILES string of the molecule is COc1ccc(CCn2cc(C#N)c(=O)c3ccccc32)cc1. The van der Waals surface area contributed by atoms with Crippen molar-refractivity contribution in [1.29, 1.82) is 5.26 Å². The molecule has 0 aliphatic carbocycles. The number of hydrogen-bond donors (Lipinski definition) is 0. The summed E-state index contributed by atoms with van der Waals surface area (Å²) in [6.07, 6.45) is 2.45. The van der Waals surface area contributed by atoms with Gasteiger partial charge in [0.2, 0.25) is 5.43 Å². The smallest absolute Gasteiger partial charge is 0.207 e. The van der Waals surface area contributed by atoms with E-state index in [1.54, 1.807) is 19.4 Å². The summed E-state index contributed by atoms with van der Waals surface area (Å²) >= 11 is 0. The first kappa shape index (κ1) is 14.9. The van der Waals surface area contributed by atoms with Gasteiger partial charge in [-0.25, -0.2) is 0 Å². The fourth-order valence-electron chi connectivity index (χ4n) is 2.65. The lowest BCUT2D eigenvalue weighted by atomic mass is 10.1. The highest BCUT2D eigenvalue weighted by Gasteiger charge is 2.08. The van der Waals surface area contributed by atoms with Crippen molar-refractivity contribution in [1.82, 2.24) is 4.57 Å².